The van der Waals surface area contributed by atoms with Crippen molar-refractivity contribution in [3.05, 3.63) is 64.8 Å². The van der Waals surface area contributed by atoms with Gasteiger partial charge in [-0.25, -0.2) is 13.4 Å². The summed E-state index contributed by atoms with van der Waals surface area (Å²) in [7, 11) is -0.905. The fraction of sp³-hybridized carbons (Fsp3) is 0.238. The van der Waals surface area contributed by atoms with Crippen molar-refractivity contribution in [3.8, 4) is 5.75 Å². The number of methoxy groups -OCH3 is 1. The van der Waals surface area contributed by atoms with Crippen molar-refractivity contribution in [2.75, 3.05) is 20.7 Å². The zero-order valence-electron chi connectivity index (χ0n) is 16.8. The molecule has 1 aromatic heterocycles. The lowest BCUT2D eigenvalue weighted by atomic mass is 10.1. The van der Waals surface area contributed by atoms with Gasteiger partial charge in [-0.1, -0.05) is 29.3 Å². The fourth-order valence-electron chi connectivity index (χ4n) is 2.76. The quantitative estimate of drug-likeness (QED) is 0.405. The number of nitrogens with zero attached hydrogens (tertiary/aromatic N) is 2. The summed E-state index contributed by atoms with van der Waals surface area (Å²) >= 11 is 6.20. The number of pyridine rings is 1. The lowest BCUT2D eigenvalue weighted by Crippen LogP contribution is -2.33. The Morgan fingerprint density at radius 2 is 1.83 bits per heavy atom. The standard InChI is InChI=1S/C21H21ClN2O5S/c1-14-4-8-18(9-5-14)30(26,27)24(2)12-20(25)29-13-16-10-15-6-7-17(28-3)11-19(15)23-21(16)22/h4-11H,12-13H2,1-3H3. The van der Waals surface area contributed by atoms with E-state index < -0.39 is 22.5 Å². The maximum atomic E-state index is 12.6. The predicted molar refractivity (Wildman–Crippen MR) is 114 cm³/mol. The molecular weight excluding hydrogens is 428 g/mol. The van der Waals surface area contributed by atoms with Gasteiger partial charge in [0.25, 0.3) is 0 Å². The first-order chi connectivity index (χ1) is 14.2. The van der Waals surface area contributed by atoms with Crippen LogP contribution in [0.1, 0.15) is 11.1 Å². The number of aromatic nitrogens is 1. The number of sulfonamides is 1. The van der Waals surface area contributed by atoms with Crippen LogP contribution in [0.25, 0.3) is 10.9 Å². The van der Waals surface area contributed by atoms with Gasteiger partial charge in [0, 0.05) is 24.1 Å². The third kappa shape index (κ3) is 4.89. The SMILES string of the molecule is COc1ccc2cc(COC(=O)CN(C)S(=O)(=O)c3ccc(C)cc3)c(Cl)nc2c1. The Kier molecular flexibility index (Phi) is 6.60. The van der Waals surface area contributed by atoms with Gasteiger partial charge < -0.3 is 9.47 Å². The number of benzene rings is 2. The number of carbonyl (C=O) groups is 1. The van der Waals surface area contributed by atoms with Gasteiger partial charge in [0.2, 0.25) is 10.0 Å². The maximum absolute atomic E-state index is 12.6. The second-order valence-electron chi connectivity index (χ2n) is 6.73. The first-order valence-electron chi connectivity index (χ1n) is 9.02. The van der Waals surface area contributed by atoms with Crippen LogP contribution in [-0.2, 0) is 26.2 Å². The molecule has 9 heteroatoms. The van der Waals surface area contributed by atoms with Gasteiger partial charge in [-0.3, -0.25) is 4.79 Å². The normalized spacial score (nSPS) is 11.6. The Labute approximate surface area is 180 Å². The predicted octanol–water partition coefficient (Wildman–Crippen LogP) is 3.57. The van der Waals surface area contributed by atoms with Crippen LogP contribution in [0.4, 0.5) is 0 Å². The van der Waals surface area contributed by atoms with E-state index in [1.165, 1.54) is 19.2 Å². The van der Waals surface area contributed by atoms with Crippen molar-refractivity contribution >= 4 is 38.5 Å². The monoisotopic (exact) mass is 448 g/mol. The van der Waals surface area contributed by atoms with E-state index in [4.69, 9.17) is 21.1 Å². The number of halogens is 1. The summed E-state index contributed by atoms with van der Waals surface area (Å²) in [4.78, 5) is 16.6. The van der Waals surface area contributed by atoms with Gasteiger partial charge in [-0.15, -0.1) is 0 Å². The minimum absolute atomic E-state index is 0.112. The molecule has 3 rings (SSSR count). The minimum atomic E-state index is -3.80. The Hall–Kier alpha value is -2.68. The van der Waals surface area contributed by atoms with Crippen molar-refractivity contribution in [2.24, 2.45) is 0 Å². The van der Waals surface area contributed by atoms with E-state index in [2.05, 4.69) is 4.98 Å². The highest BCUT2D eigenvalue weighted by atomic mass is 35.5. The molecule has 30 heavy (non-hydrogen) atoms. The van der Waals surface area contributed by atoms with Gasteiger partial charge in [-0.2, -0.15) is 4.31 Å². The van der Waals surface area contributed by atoms with Crippen LogP contribution >= 0.6 is 11.6 Å². The molecule has 158 valence electrons. The molecule has 0 radical (unpaired) electrons. The molecule has 0 saturated carbocycles. The molecule has 0 saturated heterocycles. The Morgan fingerprint density at radius 3 is 2.50 bits per heavy atom. The van der Waals surface area contributed by atoms with Crippen LogP contribution in [0, 0.1) is 6.92 Å². The third-order valence-corrected chi connectivity index (χ3v) is 6.67. The van der Waals surface area contributed by atoms with Crippen LogP contribution in [0.15, 0.2) is 53.4 Å². The molecule has 0 aliphatic heterocycles. The van der Waals surface area contributed by atoms with E-state index in [0.717, 1.165) is 15.3 Å². The number of hydrogen-bond donors (Lipinski definition) is 0. The van der Waals surface area contributed by atoms with E-state index in [1.54, 1.807) is 37.4 Å². The molecule has 0 amide bonds. The summed E-state index contributed by atoms with van der Waals surface area (Å²) in [6.45, 7) is 1.32. The minimum Gasteiger partial charge on any atom is -0.497 e. The molecule has 0 unspecified atom stereocenters. The Morgan fingerprint density at radius 1 is 1.13 bits per heavy atom. The molecule has 0 N–H and O–H groups in total. The van der Waals surface area contributed by atoms with Crippen molar-refractivity contribution in [1.29, 1.82) is 0 Å². The number of ether oxygens (including phenoxy) is 2. The number of likely N-dealkylation sites (N-methyl/N-ethyl adjacent to an activating group) is 1. The van der Waals surface area contributed by atoms with Gasteiger partial charge >= 0.3 is 5.97 Å². The van der Waals surface area contributed by atoms with Gasteiger partial charge in [0.1, 0.15) is 24.1 Å². The van der Waals surface area contributed by atoms with Crippen molar-refractivity contribution < 1.29 is 22.7 Å². The molecule has 2 aromatic carbocycles. The van der Waals surface area contributed by atoms with Crippen LogP contribution < -0.4 is 4.74 Å². The highest BCUT2D eigenvalue weighted by molar-refractivity contribution is 7.89. The lowest BCUT2D eigenvalue weighted by Gasteiger charge is -2.16. The number of aryl methyl sites for hydroxylation is 1. The van der Waals surface area contributed by atoms with Crippen LogP contribution in [0.3, 0.4) is 0 Å². The summed E-state index contributed by atoms with van der Waals surface area (Å²) < 4.78 is 36.5. The van der Waals surface area contributed by atoms with Crippen LogP contribution in [0.2, 0.25) is 5.15 Å². The summed E-state index contributed by atoms with van der Waals surface area (Å²) in [5, 5.41) is 1.01. The number of rotatable bonds is 7. The molecule has 0 bridgehead atoms. The van der Waals surface area contributed by atoms with Crippen LogP contribution in [0.5, 0.6) is 5.75 Å². The molecule has 0 spiro atoms. The lowest BCUT2D eigenvalue weighted by molar-refractivity contribution is -0.144. The van der Waals surface area contributed by atoms with Crippen molar-refractivity contribution in [1.82, 2.24) is 9.29 Å². The fourth-order valence-corrected chi connectivity index (χ4v) is 4.07. The van der Waals surface area contributed by atoms with Crippen molar-refractivity contribution in [2.45, 2.75) is 18.4 Å². The van der Waals surface area contributed by atoms with E-state index >= 15 is 0 Å². The smallest absolute Gasteiger partial charge is 0.321 e. The van der Waals surface area contributed by atoms with E-state index in [-0.39, 0.29) is 16.7 Å². The summed E-state index contributed by atoms with van der Waals surface area (Å²) in [6.07, 6.45) is 0. The molecule has 0 fully saturated rings. The van der Waals surface area contributed by atoms with E-state index in [9.17, 15) is 13.2 Å². The first kappa shape index (κ1) is 22.0. The second kappa shape index (κ2) is 8.99. The Bertz CT molecular complexity index is 1180. The maximum Gasteiger partial charge on any atom is 0.321 e. The highest BCUT2D eigenvalue weighted by Gasteiger charge is 2.23. The zero-order chi connectivity index (χ0) is 21.9. The molecule has 0 aliphatic rings. The summed E-state index contributed by atoms with van der Waals surface area (Å²) in [6, 6.07) is 13.5. The number of carbonyl (C=O) groups excluding carboxylic acids is 1. The zero-order valence-corrected chi connectivity index (χ0v) is 18.3. The molecule has 3 aromatic rings. The topological polar surface area (TPSA) is 85.8 Å². The molecule has 7 nitrogen and oxygen atoms in total. The Balaban J connectivity index is 1.66. The van der Waals surface area contributed by atoms with E-state index in [0.29, 0.717) is 16.8 Å². The third-order valence-electron chi connectivity index (χ3n) is 4.52. The van der Waals surface area contributed by atoms with Crippen LogP contribution in [-0.4, -0.2) is 44.4 Å². The average Bonchev–Trinajstić information content (AvgIpc) is 2.72. The van der Waals surface area contributed by atoms with Crippen molar-refractivity contribution in [3.63, 3.8) is 0 Å². The van der Waals surface area contributed by atoms with Gasteiger partial charge in [0.15, 0.2) is 0 Å². The van der Waals surface area contributed by atoms with Gasteiger partial charge in [-0.05, 0) is 37.3 Å². The largest absolute Gasteiger partial charge is 0.497 e. The average molecular weight is 449 g/mol. The highest BCUT2D eigenvalue weighted by Crippen LogP contribution is 2.25. The molecule has 0 atom stereocenters. The van der Waals surface area contributed by atoms with E-state index in [1.807, 2.05) is 13.0 Å². The number of esters is 1. The number of fused-ring (bicyclic) bond motifs is 1. The molecular formula is C21H21ClN2O5S. The molecule has 0 aliphatic carbocycles. The van der Waals surface area contributed by atoms with Gasteiger partial charge in [0.05, 0.1) is 17.5 Å². The summed E-state index contributed by atoms with van der Waals surface area (Å²) in [5.41, 5.74) is 2.11. The second-order valence-corrected chi connectivity index (χ2v) is 9.13. The first-order valence-corrected chi connectivity index (χ1v) is 10.8. The summed E-state index contributed by atoms with van der Waals surface area (Å²) in [5.74, 6) is -0.0397. The molecule has 1 heterocycles. The number of hydrogen-bond acceptors (Lipinski definition) is 6.